The quantitative estimate of drug-likeness (QED) is 0.503. The Morgan fingerprint density at radius 2 is 1.86 bits per heavy atom. The number of hydrogen-bond donors (Lipinski definition) is 3. The van der Waals surface area contributed by atoms with Crippen LogP contribution in [0.25, 0.3) is 0 Å². The highest BCUT2D eigenvalue weighted by Gasteiger charge is 2.08. The van der Waals surface area contributed by atoms with Crippen LogP contribution < -0.4 is 20.4 Å². The van der Waals surface area contributed by atoms with Crippen LogP contribution in [0, 0.1) is 0 Å². The van der Waals surface area contributed by atoms with E-state index in [4.69, 9.17) is 12.2 Å². The minimum absolute atomic E-state index is 0.505. The van der Waals surface area contributed by atoms with Crippen LogP contribution in [0.4, 0.5) is 11.4 Å². The highest BCUT2D eigenvalue weighted by molar-refractivity contribution is 7.80. The molecule has 0 aliphatic heterocycles. The number of rotatable bonds is 8. The lowest BCUT2D eigenvalue weighted by Crippen LogP contribution is -3.05. The molecule has 0 aromatic heterocycles. The first-order valence-electron chi connectivity index (χ1n) is 8.14. The van der Waals surface area contributed by atoms with Crippen LogP contribution in [-0.2, 0) is 0 Å². The molecule has 0 atom stereocenters. The van der Waals surface area contributed by atoms with Gasteiger partial charge in [0.2, 0.25) is 0 Å². The Labute approximate surface area is 140 Å². The largest absolute Gasteiger partial charge is 0.369 e. The van der Waals surface area contributed by atoms with Gasteiger partial charge in [-0.2, -0.15) is 0 Å². The van der Waals surface area contributed by atoms with Crippen molar-refractivity contribution in [2.45, 2.75) is 33.2 Å². The Morgan fingerprint density at radius 3 is 2.36 bits per heavy atom. The van der Waals surface area contributed by atoms with Crippen molar-refractivity contribution in [1.82, 2.24) is 5.32 Å². The third-order valence-electron chi connectivity index (χ3n) is 3.56. The summed E-state index contributed by atoms with van der Waals surface area (Å²) >= 11 is 5.32. The average Bonchev–Trinajstić information content (AvgIpc) is 2.45. The van der Waals surface area contributed by atoms with Gasteiger partial charge >= 0.3 is 0 Å². The van der Waals surface area contributed by atoms with Gasteiger partial charge in [-0.15, -0.1) is 0 Å². The molecular formula is C17H31N4S+. The lowest BCUT2D eigenvalue weighted by molar-refractivity contribution is -0.858. The molecule has 0 saturated carbocycles. The van der Waals surface area contributed by atoms with Crippen molar-refractivity contribution in [1.29, 1.82) is 0 Å². The van der Waals surface area contributed by atoms with E-state index in [0.29, 0.717) is 11.2 Å². The summed E-state index contributed by atoms with van der Waals surface area (Å²) in [4.78, 5) is 3.83. The third-order valence-corrected chi connectivity index (χ3v) is 3.81. The van der Waals surface area contributed by atoms with Gasteiger partial charge in [0.05, 0.1) is 20.6 Å². The van der Waals surface area contributed by atoms with Crippen LogP contribution in [-0.4, -0.2) is 44.9 Å². The lowest BCUT2D eigenvalue weighted by atomic mass is 10.2. The van der Waals surface area contributed by atoms with Gasteiger partial charge in [-0.25, -0.2) is 0 Å². The van der Waals surface area contributed by atoms with Crippen LogP contribution in [0.15, 0.2) is 24.3 Å². The molecule has 124 valence electrons. The first-order valence-corrected chi connectivity index (χ1v) is 8.55. The topological polar surface area (TPSA) is 31.7 Å². The van der Waals surface area contributed by atoms with E-state index < -0.39 is 0 Å². The summed E-state index contributed by atoms with van der Waals surface area (Å²) in [6, 6.07) is 8.95. The molecule has 3 N–H and O–H groups in total. The number of benzene rings is 1. The van der Waals surface area contributed by atoms with Crippen molar-refractivity contribution < 1.29 is 4.90 Å². The Bertz CT molecular complexity index is 442. The number of nitrogens with zero attached hydrogens (tertiary/aromatic N) is 1. The van der Waals surface area contributed by atoms with Gasteiger partial charge in [-0.3, -0.25) is 0 Å². The highest BCUT2D eigenvalue weighted by atomic mass is 32.1. The molecule has 1 aromatic carbocycles. The predicted molar refractivity (Wildman–Crippen MR) is 101 cm³/mol. The van der Waals surface area contributed by atoms with Gasteiger partial charge < -0.3 is 20.4 Å². The van der Waals surface area contributed by atoms with E-state index in [1.165, 1.54) is 10.6 Å². The SMILES string of the molecule is CCN(c1ccc(NC(=S)NCCC[NH+](C)C)cc1)C(C)C. The summed E-state index contributed by atoms with van der Waals surface area (Å²) in [7, 11) is 4.32. The average molecular weight is 324 g/mol. The van der Waals surface area contributed by atoms with Crippen molar-refractivity contribution in [3.63, 3.8) is 0 Å². The molecule has 0 fully saturated rings. The summed E-state index contributed by atoms with van der Waals surface area (Å²) in [5.74, 6) is 0. The summed E-state index contributed by atoms with van der Waals surface area (Å²) in [6.45, 7) is 9.67. The molecule has 5 heteroatoms. The third kappa shape index (κ3) is 6.62. The highest BCUT2D eigenvalue weighted by Crippen LogP contribution is 2.19. The van der Waals surface area contributed by atoms with Gasteiger partial charge in [0, 0.05) is 36.9 Å². The minimum Gasteiger partial charge on any atom is -0.369 e. The number of quaternary nitrogens is 1. The molecule has 1 rings (SSSR count). The molecule has 22 heavy (non-hydrogen) atoms. The molecule has 0 bridgehead atoms. The molecule has 1 aromatic rings. The number of thiocarbonyl (C=S) groups is 1. The molecule has 0 spiro atoms. The van der Waals surface area contributed by atoms with E-state index in [1.54, 1.807) is 0 Å². The van der Waals surface area contributed by atoms with E-state index in [1.807, 2.05) is 0 Å². The molecule has 4 nitrogen and oxygen atoms in total. The molecule has 0 amide bonds. The maximum atomic E-state index is 5.32. The number of hydrogen-bond acceptors (Lipinski definition) is 2. The minimum atomic E-state index is 0.505. The summed E-state index contributed by atoms with van der Waals surface area (Å²) < 4.78 is 0. The summed E-state index contributed by atoms with van der Waals surface area (Å²) in [5, 5.41) is 7.18. The Balaban J connectivity index is 2.45. The number of anilines is 2. The van der Waals surface area contributed by atoms with Crippen LogP contribution in [0.2, 0.25) is 0 Å². The van der Waals surface area contributed by atoms with Crippen LogP contribution >= 0.6 is 12.2 Å². The maximum absolute atomic E-state index is 5.32. The second kappa shape index (κ2) is 9.64. The molecule has 0 aliphatic carbocycles. The van der Waals surface area contributed by atoms with E-state index in [-0.39, 0.29) is 0 Å². The molecule has 0 unspecified atom stereocenters. The fourth-order valence-corrected chi connectivity index (χ4v) is 2.62. The second-order valence-corrected chi connectivity index (χ2v) is 6.53. The standard InChI is InChI=1S/C17H30N4S/c1-6-21(14(2)3)16-10-8-15(9-11-16)19-17(22)18-12-7-13-20(4)5/h8-11,14H,6-7,12-13H2,1-5H3,(H2,18,19,22)/p+1. The number of nitrogens with one attached hydrogen (secondary N) is 3. The zero-order chi connectivity index (χ0) is 16.5. The van der Waals surface area contributed by atoms with Crippen molar-refractivity contribution in [2.75, 3.05) is 43.9 Å². The fourth-order valence-electron chi connectivity index (χ4n) is 2.40. The van der Waals surface area contributed by atoms with E-state index in [0.717, 1.165) is 31.7 Å². The van der Waals surface area contributed by atoms with Gasteiger partial charge in [0.1, 0.15) is 0 Å². The van der Waals surface area contributed by atoms with E-state index in [2.05, 4.69) is 74.7 Å². The van der Waals surface area contributed by atoms with Gasteiger partial charge in [0.15, 0.2) is 5.11 Å². The summed E-state index contributed by atoms with van der Waals surface area (Å²) in [5.41, 5.74) is 2.27. The molecule has 0 aliphatic rings. The zero-order valence-electron chi connectivity index (χ0n) is 14.6. The maximum Gasteiger partial charge on any atom is 0.170 e. The Morgan fingerprint density at radius 1 is 1.23 bits per heavy atom. The van der Waals surface area contributed by atoms with Crippen molar-refractivity contribution in [2.24, 2.45) is 0 Å². The Hall–Kier alpha value is -1.33. The second-order valence-electron chi connectivity index (χ2n) is 6.12. The van der Waals surface area contributed by atoms with Gasteiger partial charge in [-0.05, 0) is 57.3 Å². The van der Waals surface area contributed by atoms with Crippen LogP contribution in [0.1, 0.15) is 27.2 Å². The molecule has 0 saturated heterocycles. The van der Waals surface area contributed by atoms with Crippen molar-refractivity contribution >= 4 is 28.7 Å². The summed E-state index contributed by atoms with van der Waals surface area (Å²) in [6.07, 6.45) is 1.11. The monoisotopic (exact) mass is 323 g/mol. The van der Waals surface area contributed by atoms with Crippen LogP contribution in [0.3, 0.4) is 0 Å². The Kier molecular flexibility index (Phi) is 8.20. The normalized spacial score (nSPS) is 10.9. The smallest absolute Gasteiger partial charge is 0.170 e. The first kappa shape index (κ1) is 18.7. The fraction of sp³-hybridized carbons (Fsp3) is 0.588. The van der Waals surface area contributed by atoms with E-state index >= 15 is 0 Å². The molecular weight excluding hydrogens is 292 g/mol. The van der Waals surface area contributed by atoms with E-state index in [9.17, 15) is 0 Å². The molecule has 0 heterocycles. The predicted octanol–water partition coefficient (Wildman–Crippen LogP) is 1.74. The van der Waals surface area contributed by atoms with Crippen LogP contribution in [0.5, 0.6) is 0 Å². The molecule has 0 radical (unpaired) electrons. The lowest BCUT2D eigenvalue weighted by Gasteiger charge is -2.27. The van der Waals surface area contributed by atoms with Crippen molar-refractivity contribution in [3.8, 4) is 0 Å². The van der Waals surface area contributed by atoms with Crippen molar-refractivity contribution in [3.05, 3.63) is 24.3 Å². The first-order chi connectivity index (χ1) is 10.4. The zero-order valence-corrected chi connectivity index (χ0v) is 15.4. The van der Waals surface area contributed by atoms with Gasteiger partial charge in [-0.1, -0.05) is 0 Å². The van der Waals surface area contributed by atoms with Gasteiger partial charge in [0.25, 0.3) is 0 Å².